The number of carbonyl (C=O) groups is 1. The van der Waals surface area contributed by atoms with Gasteiger partial charge in [0.15, 0.2) is 0 Å². The van der Waals surface area contributed by atoms with Crippen LogP contribution in [0, 0.1) is 0 Å². The molecule has 1 heterocycles. The van der Waals surface area contributed by atoms with Gasteiger partial charge in [-0.15, -0.1) is 0 Å². The third kappa shape index (κ3) is 4.35. The van der Waals surface area contributed by atoms with E-state index < -0.39 is 6.09 Å². The Morgan fingerprint density at radius 1 is 1.03 bits per heavy atom. The average molecular weight is 471 g/mol. The summed E-state index contributed by atoms with van der Waals surface area (Å²) in [6, 6.07) is 24.1. The minimum Gasteiger partial charge on any atom is -0.497 e. The van der Waals surface area contributed by atoms with Crippen molar-refractivity contribution in [2.45, 2.75) is 5.92 Å². The minimum atomic E-state index is -0.459. The van der Waals surface area contributed by atoms with E-state index in [1.54, 1.807) is 7.11 Å². The summed E-state index contributed by atoms with van der Waals surface area (Å²) in [4.78, 5) is 16.7. The summed E-state index contributed by atoms with van der Waals surface area (Å²) < 4.78 is 10.8. The van der Waals surface area contributed by atoms with Gasteiger partial charge in [-0.25, -0.2) is 9.78 Å². The van der Waals surface area contributed by atoms with Crippen molar-refractivity contribution < 1.29 is 14.3 Å². The lowest BCUT2D eigenvalue weighted by atomic mass is 9.98. The molecule has 0 saturated carbocycles. The molecule has 1 aliphatic carbocycles. The van der Waals surface area contributed by atoms with Crippen molar-refractivity contribution in [3.8, 4) is 16.9 Å². The van der Waals surface area contributed by atoms with Crippen LogP contribution < -0.4 is 10.1 Å². The number of halogens is 1. The third-order valence-electron chi connectivity index (χ3n) is 6.01. The molecule has 0 radical (unpaired) electrons. The number of rotatable bonds is 6. The first-order valence-electron chi connectivity index (χ1n) is 11.0. The molecule has 1 aromatic heterocycles. The number of ether oxygens (including phenoxy) is 2. The Hall–Kier alpha value is -3.83. The van der Waals surface area contributed by atoms with E-state index in [2.05, 4.69) is 34.6 Å². The van der Waals surface area contributed by atoms with Crippen LogP contribution in [0.3, 0.4) is 0 Å². The monoisotopic (exact) mass is 470 g/mol. The Balaban J connectivity index is 1.19. The zero-order valence-electron chi connectivity index (χ0n) is 18.6. The number of pyridine rings is 1. The largest absolute Gasteiger partial charge is 0.497 e. The van der Waals surface area contributed by atoms with Crippen LogP contribution in [-0.2, 0) is 4.74 Å². The average Bonchev–Trinajstić information content (AvgIpc) is 3.19. The molecule has 0 atom stereocenters. The molecule has 3 aromatic carbocycles. The van der Waals surface area contributed by atoms with E-state index in [4.69, 9.17) is 21.1 Å². The van der Waals surface area contributed by atoms with Crippen molar-refractivity contribution in [1.82, 2.24) is 10.3 Å². The number of nitrogens with one attached hydrogen (secondary N) is 1. The van der Waals surface area contributed by atoms with Gasteiger partial charge in [0, 0.05) is 23.4 Å². The van der Waals surface area contributed by atoms with E-state index in [1.807, 2.05) is 60.7 Å². The Labute approximate surface area is 203 Å². The van der Waals surface area contributed by atoms with Crippen molar-refractivity contribution >= 4 is 34.7 Å². The number of amides is 1. The zero-order valence-corrected chi connectivity index (χ0v) is 19.4. The maximum Gasteiger partial charge on any atom is 0.407 e. The van der Waals surface area contributed by atoms with E-state index in [1.165, 1.54) is 22.3 Å². The van der Waals surface area contributed by atoms with Gasteiger partial charge in [0.1, 0.15) is 17.5 Å². The van der Waals surface area contributed by atoms with Crippen molar-refractivity contribution in [2.75, 3.05) is 20.3 Å². The van der Waals surface area contributed by atoms with Crippen LogP contribution in [0.25, 0.3) is 28.1 Å². The van der Waals surface area contributed by atoms with Gasteiger partial charge in [0.2, 0.25) is 0 Å². The van der Waals surface area contributed by atoms with Crippen molar-refractivity contribution in [2.24, 2.45) is 0 Å². The molecule has 4 aromatic rings. The van der Waals surface area contributed by atoms with E-state index >= 15 is 0 Å². The van der Waals surface area contributed by atoms with Crippen LogP contribution in [0.5, 0.6) is 5.75 Å². The molecule has 1 aliphatic rings. The number of aromatic nitrogens is 1. The van der Waals surface area contributed by atoms with Crippen molar-refractivity contribution in [3.63, 3.8) is 0 Å². The lowest BCUT2D eigenvalue weighted by Gasteiger charge is -2.14. The molecule has 0 unspecified atom stereocenters. The van der Waals surface area contributed by atoms with Crippen molar-refractivity contribution in [1.29, 1.82) is 0 Å². The molecule has 34 heavy (non-hydrogen) atoms. The predicted octanol–water partition coefficient (Wildman–Crippen LogP) is 6.45. The maximum absolute atomic E-state index is 12.3. The number of hydrogen-bond donors (Lipinski definition) is 1. The molecular weight excluding hydrogens is 448 g/mol. The number of benzene rings is 3. The number of nitrogens with zero attached hydrogens (tertiary/aromatic N) is 1. The van der Waals surface area contributed by atoms with Crippen LogP contribution in [-0.4, -0.2) is 31.3 Å². The highest BCUT2D eigenvalue weighted by Gasteiger charge is 2.28. The zero-order chi connectivity index (χ0) is 23.5. The van der Waals surface area contributed by atoms with E-state index in [9.17, 15) is 4.79 Å². The fourth-order valence-corrected chi connectivity index (χ4v) is 4.58. The molecule has 6 heteroatoms. The predicted molar refractivity (Wildman–Crippen MR) is 135 cm³/mol. The third-order valence-corrected chi connectivity index (χ3v) is 6.31. The quantitative estimate of drug-likeness (QED) is 0.329. The summed E-state index contributed by atoms with van der Waals surface area (Å²) in [6.07, 6.45) is 3.19. The van der Waals surface area contributed by atoms with Gasteiger partial charge in [0.25, 0.3) is 0 Å². The topological polar surface area (TPSA) is 60.5 Å². The van der Waals surface area contributed by atoms with E-state index in [-0.39, 0.29) is 12.5 Å². The fourth-order valence-electron chi connectivity index (χ4n) is 4.37. The van der Waals surface area contributed by atoms with Gasteiger partial charge in [-0.3, -0.25) is 0 Å². The second kappa shape index (κ2) is 9.57. The fraction of sp³-hybridized carbons (Fsp3) is 0.143. The Morgan fingerprint density at radius 3 is 2.44 bits per heavy atom. The summed E-state index contributed by atoms with van der Waals surface area (Å²) >= 11 is 6.32. The smallest absolute Gasteiger partial charge is 0.407 e. The maximum atomic E-state index is 12.3. The molecule has 1 amide bonds. The standard InChI is InChI=1S/C28H23ClN2O3/c1-33-20-12-13-26-19(16-20)15-18(27(29)31-26)7-6-14-30-28(32)34-17-25-23-10-4-2-8-21(23)22-9-3-5-11-24(22)25/h2-13,15-16,25H,14,17H2,1H3,(H,30,32). The minimum absolute atomic E-state index is 0.0353. The summed E-state index contributed by atoms with van der Waals surface area (Å²) in [6.45, 7) is 0.592. The highest BCUT2D eigenvalue weighted by atomic mass is 35.5. The summed E-state index contributed by atoms with van der Waals surface area (Å²) in [5.74, 6) is 0.789. The second-order valence-corrected chi connectivity index (χ2v) is 8.39. The van der Waals surface area contributed by atoms with Gasteiger partial charge >= 0.3 is 6.09 Å². The van der Waals surface area contributed by atoms with Crippen molar-refractivity contribution in [3.05, 3.63) is 101 Å². The summed E-state index contributed by atoms with van der Waals surface area (Å²) in [5, 5.41) is 4.09. The summed E-state index contributed by atoms with van der Waals surface area (Å²) in [7, 11) is 1.63. The normalized spacial score (nSPS) is 12.5. The number of hydrogen-bond acceptors (Lipinski definition) is 4. The van der Waals surface area contributed by atoms with Gasteiger partial charge in [-0.2, -0.15) is 0 Å². The van der Waals surface area contributed by atoms with Crippen LogP contribution in [0.2, 0.25) is 5.15 Å². The number of alkyl carbamates (subject to hydrolysis) is 1. The second-order valence-electron chi connectivity index (χ2n) is 8.04. The first-order chi connectivity index (χ1) is 16.6. The van der Waals surface area contributed by atoms with Crippen LogP contribution >= 0.6 is 11.6 Å². The van der Waals surface area contributed by atoms with Crippen LogP contribution in [0.1, 0.15) is 22.6 Å². The van der Waals surface area contributed by atoms with E-state index in [0.717, 1.165) is 22.2 Å². The molecule has 5 rings (SSSR count). The SMILES string of the molecule is COc1ccc2nc(Cl)c(C=CCNC(=O)OCC3c4ccccc4-c4ccccc43)cc2c1. The Bertz CT molecular complexity index is 1350. The summed E-state index contributed by atoms with van der Waals surface area (Å²) in [5.41, 5.74) is 6.33. The molecule has 5 nitrogen and oxygen atoms in total. The molecule has 1 N–H and O–H groups in total. The lowest BCUT2D eigenvalue weighted by Crippen LogP contribution is -2.26. The van der Waals surface area contributed by atoms with Gasteiger partial charge in [-0.05, 0) is 46.5 Å². The Kier molecular flexibility index (Phi) is 6.19. The number of carbonyl (C=O) groups excluding carboxylic acids is 1. The molecule has 0 spiro atoms. The van der Waals surface area contributed by atoms with Gasteiger partial charge in [0.05, 0.1) is 12.6 Å². The highest BCUT2D eigenvalue weighted by Crippen LogP contribution is 2.44. The molecule has 170 valence electrons. The van der Waals surface area contributed by atoms with Gasteiger partial charge < -0.3 is 14.8 Å². The van der Waals surface area contributed by atoms with Crippen LogP contribution in [0.4, 0.5) is 4.79 Å². The molecular formula is C28H23ClN2O3. The molecule has 0 aliphatic heterocycles. The van der Waals surface area contributed by atoms with E-state index in [0.29, 0.717) is 11.7 Å². The number of fused-ring (bicyclic) bond motifs is 4. The first-order valence-corrected chi connectivity index (χ1v) is 11.4. The number of methoxy groups -OCH3 is 1. The molecule has 0 bridgehead atoms. The van der Waals surface area contributed by atoms with Crippen LogP contribution in [0.15, 0.2) is 78.9 Å². The Morgan fingerprint density at radius 2 is 1.74 bits per heavy atom. The van der Waals surface area contributed by atoms with Gasteiger partial charge in [-0.1, -0.05) is 72.3 Å². The first kappa shape index (κ1) is 22.0. The highest BCUT2D eigenvalue weighted by molar-refractivity contribution is 6.31. The lowest BCUT2D eigenvalue weighted by molar-refractivity contribution is 0.144. The molecule has 0 fully saturated rings. The molecule has 0 saturated heterocycles.